The van der Waals surface area contributed by atoms with Crippen LogP contribution in [0.25, 0.3) is 0 Å². The van der Waals surface area contributed by atoms with Crippen molar-refractivity contribution in [3.05, 3.63) is 47.8 Å². The van der Waals surface area contributed by atoms with Crippen molar-refractivity contribution in [2.75, 3.05) is 0 Å². The summed E-state index contributed by atoms with van der Waals surface area (Å²) in [6.07, 6.45) is 3.44. The average molecular weight is 293 g/mol. The number of halogens is 1. The molecule has 0 heterocycles. The van der Waals surface area contributed by atoms with Gasteiger partial charge in [-0.05, 0) is 44.9 Å². The van der Waals surface area contributed by atoms with Gasteiger partial charge in [0, 0.05) is 5.92 Å². The summed E-state index contributed by atoms with van der Waals surface area (Å²) in [7, 11) is 0. The van der Waals surface area contributed by atoms with Crippen molar-refractivity contribution in [1.82, 2.24) is 5.06 Å². The predicted octanol–water partition coefficient (Wildman–Crippen LogP) is 3.86. The summed E-state index contributed by atoms with van der Waals surface area (Å²) in [4.78, 5) is 11.9. The molecule has 0 saturated heterocycles. The normalized spacial score (nSPS) is 21.4. The Bertz CT molecular complexity index is 551. The van der Waals surface area contributed by atoms with Crippen LogP contribution in [0.5, 0.6) is 0 Å². The fourth-order valence-corrected chi connectivity index (χ4v) is 2.38. The number of benzene rings is 1. The van der Waals surface area contributed by atoms with Crippen LogP contribution >= 0.6 is 0 Å². The lowest BCUT2D eigenvalue weighted by atomic mass is 9.94. The zero-order valence-corrected chi connectivity index (χ0v) is 12.4. The minimum atomic E-state index is -0.794. The second-order valence-corrected chi connectivity index (χ2v) is 6.14. The van der Waals surface area contributed by atoms with Crippen molar-refractivity contribution >= 4 is 6.09 Å². The van der Waals surface area contributed by atoms with Crippen molar-refractivity contribution in [1.29, 1.82) is 0 Å². The van der Waals surface area contributed by atoms with E-state index in [2.05, 4.69) is 0 Å². The first kappa shape index (κ1) is 15.5. The third kappa shape index (κ3) is 3.82. The molecular weight excluding hydrogens is 273 g/mol. The minimum absolute atomic E-state index is 0.252. The Hall–Kier alpha value is -1.88. The molecule has 114 valence electrons. The van der Waals surface area contributed by atoms with Gasteiger partial charge in [-0.3, -0.25) is 5.21 Å². The Morgan fingerprint density at radius 1 is 1.43 bits per heavy atom. The number of rotatable bonds is 2. The molecule has 2 rings (SSSR count). The fraction of sp³-hybridized carbons (Fsp3) is 0.438. The molecule has 4 nitrogen and oxygen atoms in total. The number of carbonyl (C=O) groups is 1. The summed E-state index contributed by atoms with van der Waals surface area (Å²) in [6.45, 7) is 5.20. The van der Waals surface area contributed by atoms with Crippen LogP contribution < -0.4 is 0 Å². The lowest BCUT2D eigenvalue weighted by Crippen LogP contribution is -2.42. The molecular formula is C16H20FNO3. The van der Waals surface area contributed by atoms with Crippen molar-refractivity contribution in [3.63, 3.8) is 0 Å². The third-order valence-corrected chi connectivity index (χ3v) is 3.26. The summed E-state index contributed by atoms with van der Waals surface area (Å²) in [5.74, 6) is -0.591. The molecule has 1 aromatic rings. The van der Waals surface area contributed by atoms with Gasteiger partial charge in [0.2, 0.25) is 0 Å². The Labute approximate surface area is 123 Å². The van der Waals surface area contributed by atoms with Crippen LogP contribution in [0.1, 0.15) is 38.7 Å². The molecule has 1 aromatic carbocycles. The lowest BCUT2D eigenvalue weighted by molar-refractivity contribution is -0.120. The zero-order valence-electron chi connectivity index (χ0n) is 12.4. The maximum Gasteiger partial charge on any atom is 0.434 e. The predicted molar refractivity (Wildman–Crippen MR) is 76.5 cm³/mol. The maximum absolute atomic E-state index is 13.3. The van der Waals surface area contributed by atoms with Gasteiger partial charge >= 0.3 is 6.09 Å². The number of hydrogen-bond acceptors (Lipinski definition) is 3. The zero-order chi connectivity index (χ0) is 15.6. The summed E-state index contributed by atoms with van der Waals surface area (Å²) in [5, 5.41) is 10.7. The molecule has 0 radical (unpaired) electrons. The van der Waals surface area contributed by atoms with Crippen LogP contribution in [0.15, 0.2) is 36.4 Å². The smallest absolute Gasteiger partial charge is 0.434 e. The molecule has 0 spiro atoms. The van der Waals surface area contributed by atoms with Gasteiger partial charge in [-0.15, -0.1) is 0 Å². The number of hydrogen-bond donors (Lipinski definition) is 1. The van der Waals surface area contributed by atoms with E-state index in [1.165, 1.54) is 12.1 Å². The highest BCUT2D eigenvalue weighted by Crippen LogP contribution is 2.33. The van der Waals surface area contributed by atoms with E-state index >= 15 is 0 Å². The lowest BCUT2D eigenvalue weighted by Gasteiger charge is -2.30. The second-order valence-electron chi connectivity index (χ2n) is 6.14. The Kier molecular flexibility index (Phi) is 4.32. The van der Waals surface area contributed by atoms with E-state index < -0.39 is 17.7 Å². The van der Waals surface area contributed by atoms with E-state index in [-0.39, 0.29) is 11.7 Å². The average Bonchev–Trinajstić information content (AvgIpc) is 2.84. The Morgan fingerprint density at radius 3 is 2.76 bits per heavy atom. The molecule has 1 aliphatic rings. The first-order valence-electron chi connectivity index (χ1n) is 6.91. The standard InChI is InChI=1S/C16H20FNO3/c1-16(2,3)21-15(19)18(20)14-9-5-8-13(14)11-6-4-7-12(17)10-11/h4-8,10,13-14,20H,9H2,1-3H3/t13-,14+/m1/s1. The maximum atomic E-state index is 13.3. The molecule has 1 aliphatic carbocycles. The molecule has 21 heavy (non-hydrogen) atoms. The Morgan fingerprint density at radius 2 is 2.14 bits per heavy atom. The molecule has 0 aliphatic heterocycles. The molecule has 5 heteroatoms. The number of ether oxygens (including phenoxy) is 1. The van der Waals surface area contributed by atoms with E-state index in [9.17, 15) is 14.4 Å². The van der Waals surface area contributed by atoms with Gasteiger partial charge in [0.1, 0.15) is 11.4 Å². The molecule has 2 atom stereocenters. The summed E-state index contributed by atoms with van der Waals surface area (Å²) < 4.78 is 18.5. The highest BCUT2D eigenvalue weighted by Gasteiger charge is 2.34. The SMILES string of the molecule is CC(C)(C)OC(=O)N(O)[C@H]1CC=C[C@@H]1c1cccc(F)c1. The minimum Gasteiger partial charge on any atom is -0.442 e. The van der Waals surface area contributed by atoms with E-state index in [4.69, 9.17) is 4.74 Å². The quantitative estimate of drug-likeness (QED) is 0.511. The summed E-state index contributed by atoms with van der Waals surface area (Å²) in [6, 6.07) is 5.68. The van der Waals surface area contributed by atoms with Crippen molar-refractivity contribution in [3.8, 4) is 0 Å². The second kappa shape index (κ2) is 5.85. The van der Waals surface area contributed by atoms with Gasteiger partial charge in [0.15, 0.2) is 0 Å². The van der Waals surface area contributed by atoms with Gasteiger partial charge < -0.3 is 4.74 Å². The van der Waals surface area contributed by atoms with Gasteiger partial charge in [-0.1, -0.05) is 24.3 Å². The molecule has 0 fully saturated rings. The van der Waals surface area contributed by atoms with Crippen LogP contribution in [0.4, 0.5) is 9.18 Å². The van der Waals surface area contributed by atoms with Gasteiger partial charge in [0.25, 0.3) is 0 Å². The van der Waals surface area contributed by atoms with Crippen LogP contribution in [0.2, 0.25) is 0 Å². The van der Waals surface area contributed by atoms with E-state index in [1.54, 1.807) is 32.9 Å². The van der Waals surface area contributed by atoms with E-state index in [0.29, 0.717) is 11.5 Å². The number of nitrogens with zero attached hydrogens (tertiary/aromatic N) is 1. The first-order chi connectivity index (χ1) is 9.78. The number of amides is 1. The van der Waals surface area contributed by atoms with E-state index in [1.807, 2.05) is 12.2 Å². The summed E-state index contributed by atoms with van der Waals surface area (Å²) >= 11 is 0. The first-order valence-corrected chi connectivity index (χ1v) is 6.91. The van der Waals surface area contributed by atoms with Crippen LogP contribution in [0, 0.1) is 5.82 Å². The van der Waals surface area contributed by atoms with Crippen LogP contribution in [-0.4, -0.2) is 28.0 Å². The van der Waals surface area contributed by atoms with E-state index in [0.717, 1.165) is 5.56 Å². The Balaban J connectivity index is 2.14. The van der Waals surface area contributed by atoms with Gasteiger partial charge in [0.05, 0.1) is 6.04 Å². The van der Waals surface area contributed by atoms with Gasteiger partial charge in [-0.2, -0.15) is 5.06 Å². The molecule has 0 aromatic heterocycles. The van der Waals surface area contributed by atoms with Crippen molar-refractivity contribution < 1.29 is 19.1 Å². The summed E-state index contributed by atoms with van der Waals surface area (Å²) in [5.41, 5.74) is 0.0368. The van der Waals surface area contributed by atoms with Gasteiger partial charge in [-0.25, -0.2) is 9.18 Å². The molecule has 1 N–H and O–H groups in total. The van der Waals surface area contributed by atoms with Crippen molar-refractivity contribution in [2.45, 2.75) is 44.8 Å². The molecule has 1 amide bonds. The number of hydroxylamine groups is 2. The molecule has 0 saturated carbocycles. The molecule has 0 bridgehead atoms. The van der Waals surface area contributed by atoms with Crippen LogP contribution in [-0.2, 0) is 4.74 Å². The highest BCUT2D eigenvalue weighted by molar-refractivity contribution is 5.67. The third-order valence-electron chi connectivity index (χ3n) is 3.26. The topological polar surface area (TPSA) is 49.8 Å². The largest absolute Gasteiger partial charge is 0.442 e. The monoisotopic (exact) mass is 293 g/mol. The highest BCUT2D eigenvalue weighted by atomic mass is 19.1. The fourth-order valence-electron chi connectivity index (χ4n) is 2.38. The van der Waals surface area contributed by atoms with Crippen LogP contribution in [0.3, 0.4) is 0 Å². The number of carbonyl (C=O) groups excluding carboxylic acids is 1. The molecule has 0 unspecified atom stereocenters. The van der Waals surface area contributed by atoms with Crippen molar-refractivity contribution in [2.24, 2.45) is 0 Å².